The monoisotopic (exact) mass is 361 g/mol. The summed E-state index contributed by atoms with van der Waals surface area (Å²) in [6.45, 7) is 3.61. The van der Waals surface area contributed by atoms with Gasteiger partial charge in [-0.15, -0.1) is 0 Å². The molecule has 0 radical (unpaired) electrons. The quantitative estimate of drug-likeness (QED) is 0.759. The van der Waals surface area contributed by atoms with Crippen molar-refractivity contribution in [3.05, 3.63) is 29.6 Å². The maximum atomic E-state index is 12.6. The molecule has 0 spiro atoms. The second-order valence-corrected chi connectivity index (χ2v) is 6.49. The minimum absolute atomic E-state index is 0.105. The van der Waals surface area contributed by atoms with Crippen molar-refractivity contribution in [2.24, 2.45) is 0 Å². The minimum Gasteiger partial charge on any atom is -0.465 e. The van der Waals surface area contributed by atoms with Crippen LogP contribution in [0.4, 0.5) is 4.79 Å². The van der Waals surface area contributed by atoms with Gasteiger partial charge >= 0.3 is 12.1 Å². The Labute approximate surface area is 152 Å². The summed E-state index contributed by atoms with van der Waals surface area (Å²) in [4.78, 5) is 43.7. The number of likely N-dealkylation sites (tertiary alicyclic amines) is 1. The topological polar surface area (TPSA) is 89.0 Å². The summed E-state index contributed by atoms with van der Waals surface area (Å²) in [5, 5.41) is 0. The molecule has 3 heterocycles. The predicted octanol–water partition coefficient (Wildman–Crippen LogP) is 1.70. The number of rotatable bonds is 4. The lowest BCUT2D eigenvalue weighted by atomic mass is 10.0. The number of piperidine rings is 1. The molecule has 0 bridgehead atoms. The highest BCUT2D eigenvalue weighted by Gasteiger charge is 2.39. The van der Waals surface area contributed by atoms with Gasteiger partial charge < -0.3 is 14.4 Å². The van der Waals surface area contributed by atoms with Crippen molar-refractivity contribution in [2.75, 3.05) is 26.8 Å². The smallest absolute Gasteiger partial charge is 0.410 e. The fourth-order valence-corrected chi connectivity index (χ4v) is 3.50. The van der Waals surface area contributed by atoms with Crippen LogP contribution >= 0.6 is 0 Å². The molecule has 0 saturated carbocycles. The number of nitrogens with zero attached hydrogens (tertiary/aromatic N) is 3. The summed E-state index contributed by atoms with van der Waals surface area (Å²) in [6, 6.07) is 3.30. The Morgan fingerprint density at radius 2 is 2.04 bits per heavy atom. The number of pyridine rings is 1. The first-order valence-electron chi connectivity index (χ1n) is 8.83. The van der Waals surface area contributed by atoms with Crippen molar-refractivity contribution in [3.8, 4) is 0 Å². The van der Waals surface area contributed by atoms with Crippen LogP contribution in [0, 0.1) is 0 Å². The number of carbonyl (C=O) groups excluding carboxylic acids is 3. The van der Waals surface area contributed by atoms with Gasteiger partial charge in [0.2, 0.25) is 0 Å². The molecule has 2 saturated heterocycles. The summed E-state index contributed by atoms with van der Waals surface area (Å²) >= 11 is 0. The fraction of sp³-hybridized carbons (Fsp3) is 0.556. The van der Waals surface area contributed by atoms with Gasteiger partial charge in [0.15, 0.2) is 0 Å². The van der Waals surface area contributed by atoms with Crippen molar-refractivity contribution in [1.82, 2.24) is 14.8 Å². The van der Waals surface area contributed by atoms with E-state index < -0.39 is 5.97 Å². The molecule has 8 nitrogen and oxygen atoms in total. The van der Waals surface area contributed by atoms with E-state index in [9.17, 15) is 14.4 Å². The molecule has 8 heteroatoms. The normalized spacial score (nSPS) is 20.8. The van der Waals surface area contributed by atoms with Crippen molar-refractivity contribution >= 4 is 18.0 Å². The van der Waals surface area contributed by atoms with Gasteiger partial charge in [-0.3, -0.25) is 14.7 Å². The van der Waals surface area contributed by atoms with Crippen LogP contribution in [-0.2, 0) is 9.47 Å². The predicted molar refractivity (Wildman–Crippen MR) is 91.8 cm³/mol. The molecular weight excluding hydrogens is 338 g/mol. The average molecular weight is 361 g/mol. The molecule has 3 rings (SSSR count). The van der Waals surface area contributed by atoms with E-state index in [0.29, 0.717) is 31.0 Å². The summed E-state index contributed by atoms with van der Waals surface area (Å²) in [5.74, 6) is -0.656. The number of carbonyl (C=O) groups is 3. The average Bonchev–Trinajstić information content (AvgIpc) is 3.07. The molecule has 2 aliphatic rings. The zero-order valence-electron chi connectivity index (χ0n) is 15.0. The van der Waals surface area contributed by atoms with E-state index in [4.69, 9.17) is 4.74 Å². The van der Waals surface area contributed by atoms with E-state index in [0.717, 1.165) is 19.3 Å². The molecule has 26 heavy (non-hydrogen) atoms. The van der Waals surface area contributed by atoms with Gasteiger partial charge in [0.05, 0.1) is 18.7 Å². The highest BCUT2D eigenvalue weighted by molar-refractivity contribution is 5.94. The Balaban J connectivity index is 1.60. The van der Waals surface area contributed by atoms with Gasteiger partial charge in [0.25, 0.3) is 5.91 Å². The van der Waals surface area contributed by atoms with Crippen LogP contribution in [0.15, 0.2) is 18.3 Å². The number of hydrogen-bond acceptors (Lipinski definition) is 6. The van der Waals surface area contributed by atoms with Crippen LogP contribution in [0.2, 0.25) is 0 Å². The van der Waals surface area contributed by atoms with Gasteiger partial charge in [0, 0.05) is 25.3 Å². The third-order valence-electron chi connectivity index (χ3n) is 5.02. The standard InChI is InChI=1S/C18H23N3O5/c1-3-13-11-26-18(24)21(13)14-6-8-20(9-7-14)16(22)15-5-4-12(10-19-15)17(23)25-2/h4-5,10,13-14H,3,6-9,11H2,1-2H3. The van der Waals surface area contributed by atoms with E-state index in [1.54, 1.807) is 4.90 Å². The number of cyclic esters (lactones) is 1. The summed E-state index contributed by atoms with van der Waals surface area (Å²) in [5.41, 5.74) is 0.601. The third kappa shape index (κ3) is 3.49. The maximum Gasteiger partial charge on any atom is 0.410 e. The molecule has 1 atom stereocenters. The third-order valence-corrected chi connectivity index (χ3v) is 5.02. The number of esters is 1. The van der Waals surface area contributed by atoms with E-state index in [-0.39, 0.29) is 24.1 Å². The van der Waals surface area contributed by atoms with Crippen LogP contribution in [0.25, 0.3) is 0 Å². The van der Waals surface area contributed by atoms with Crippen LogP contribution < -0.4 is 0 Å². The molecule has 0 aromatic carbocycles. The van der Waals surface area contributed by atoms with Crippen LogP contribution in [-0.4, -0.2) is 71.6 Å². The molecule has 1 unspecified atom stereocenters. The summed E-state index contributed by atoms with van der Waals surface area (Å²) in [6.07, 6.45) is 3.40. The zero-order chi connectivity index (χ0) is 18.7. The van der Waals surface area contributed by atoms with E-state index in [1.165, 1.54) is 25.4 Å². The van der Waals surface area contributed by atoms with Crippen molar-refractivity contribution in [2.45, 2.75) is 38.3 Å². The first-order chi connectivity index (χ1) is 12.5. The maximum absolute atomic E-state index is 12.6. The number of aromatic nitrogens is 1. The Hall–Kier alpha value is -2.64. The Morgan fingerprint density at radius 3 is 2.62 bits per heavy atom. The molecule has 1 aromatic rings. The number of hydrogen-bond donors (Lipinski definition) is 0. The van der Waals surface area contributed by atoms with Crippen molar-refractivity contribution < 1.29 is 23.9 Å². The highest BCUT2D eigenvalue weighted by Crippen LogP contribution is 2.25. The first-order valence-corrected chi connectivity index (χ1v) is 8.83. The van der Waals surface area contributed by atoms with E-state index in [1.807, 2.05) is 11.8 Å². The van der Waals surface area contributed by atoms with Crippen LogP contribution in [0.1, 0.15) is 47.0 Å². The minimum atomic E-state index is -0.486. The number of ether oxygens (including phenoxy) is 2. The van der Waals surface area contributed by atoms with Crippen molar-refractivity contribution in [1.29, 1.82) is 0 Å². The van der Waals surface area contributed by atoms with E-state index in [2.05, 4.69) is 9.72 Å². The number of amides is 2. The summed E-state index contributed by atoms with van der Waals surface area (Å²) in [7, 11) is 1.30. The van der Waals surface area contributed by atoms with Gasteiger partial charge in [-0.05, 0) is 31.4 Å². The van der Waals surface area contributed by atoms with Gasteiger partial charge in [-0.25, -0.2) is 9.59 Å². The lowest BCUT2D eigenvalue weighted by Gasteiger charge is -2.37. The van der Waals surface area contributed by atoms with Crippen LogP contribution in [0.3, 0.4) is 0 Å². The molecule has 0 N–H and O–H groups in total. The van der Waals surface area contributed by atoms with E-state index >= 15 is 0 Å². The Bertz CT molecular complexity index is 683. The van der Waals surface area contributed by atoms with Gasteiger partial charge in [0.1, 0.15) is 12.3 Å². The first kappa shape index (κ1) is 18.2. The largest absolute Gasteiger partial charge is 0.465 e. The van der Waals surface area contributed by atoms with Gasteiger partial charge in [-0.1, -0.05) is 6.92 Å². The summed E-state index contributed by atoms with van der Waals surface area (Å²) < 4.78 is 9.79. The molecule has 140 valence electrons. The molecule has 2 fully saturated rings. The van der Waals surface area contributed by atoms with Crippen molar-refractivity contribution in [3.63, 3.8) is 0 Å². The lowest BCUT2D eigenvalue weighted by molar-refractivity contribution is 0.0593. The van der Waals surface area contributed by atoms with Crippen LogP contribution in [0.5, 0.6) is 0 Å². The lowest BCUT2D eigenvalue weighted by Crippen LogP contribution is -2.49. The fourth-order valence-electron chi connectivity index (χ4n) is 3.50. The molecule has 2 amide bonds. The second-order valence-electron chi connectivity index (χ2n) is 6.49. The molecule has 2 aliphatic heterocycles. The molecule has 1 aromatic heterocycles. The highest BCUT2D eigenvalue weighted by atomic mass is 16.6. The van der Waals surface area contributed by atoms with Gasteiger partial charge in [-0.2, -0.15) is 0 Å². The second kappa shape index (κ2) is 7.72. The molecule has 0 aliphatic carbocycles. The number of methoxy groups -OCH3 is 1. The Kier molecular flexibility index (Phi) is 5.39. The zero-order valence-corrected chi connectivity index (χ0v) is 15.0. The molecular formula is C18H23N3O5. The Morgan fingerprint density at radius 1 is 1.31 bits per heavy atom. The SMILES string of the molecule is CCC1COC(=O)N1C1CCN(C(=O)c2ccc(C(=O)OC)cn2)CC1.